The summed E-state index contributed by atoms with van der Waals surface area (Å²) in [7, 11) is -3.33. The number of benzene rings is 1. The third-order valence-electron chi connectivity index (χ3n) is 7.26. The Hall–Kier alpha value is -2.73. The van der Waals surface area contributed by atoms with Crippen molar-refractivity contribution >= 4 is 27.4 Å². The molecule has 2 aromatic heterocycles. The number of hydrogen-bond donors (Lipinski definition) is 1. The Morgan fingerprint density at radius 1 is 1.20 bits per heavy atom. The van der Waals surface area contributed by atoms with E-state index in [2.05, 4.69) is 10.1 Å². The second kappa shape index (κ2) is 12.4. The molecule has 1 aliphatic rings. The molecule has 4 rings (SSSR count). The summed E-state index contributed by atoms with van der Waals surface area (Å²) in [5, 5.41) is 14.7. The SMILES string of the molecule is CCC[C@@H](O)COc1ccc(Cl)c(-c2nc(-c3c(C)noc3C)c(C)c(N3CCN(S(C)(=O)=O)[C@@H](CC)C3)n2)c1. The van der Waals surface area contributed by atoms with E-state index in [-0.39, 0.29) is 12.6 Å². The number of halogens is 1. The van der Waals surface area contributed by atoms with E-state index in [1.165, 1.54) is 6.26 Å². The Bertz CT molecular complexity index is 1440. The van der Waals surface area contributed by atoms with Crippen molar-refractivity contribution in [2.45, 2.75) is 66.0 Å². The molecule has 0 unspecified atom stereocenters. The van der Waals surface area contributed by atoms with Gasteiger partial charge in [-0.3, -0.25) is 0 Å². The maximum atomic E-state index is 12.4. The zero-order chi connectivity index (χ0) is 29.2. The molecule has 218 valence electrons. The fraction of sp³-hybridized carbons (Fsp3) is 0.536. The second-order valence-corrected chi connectivity index (χ2v) is 12.7. The number of aliphatic hydroxyl groups is 1. The molecule has 1 aromatic carbocycles. The molecule has 0 saturated carbocycles. The van der Waals surface area contributed by atoms with Gasteiger partial charge in [-0.1, -0.05) is 37.0 Å². The van der Waals surface area contributed by atoms with Crippen LogP contribution in [0.5, 0.6) is 5.75 Å². The quantitative estimate of drug-likeness (QED) is 0.355. The van der Waals surface area contributed by atoms with Gasteiger partial charge in [-0.05, 0) is 51.8 Å². The first-order chi connectivity index (χ1) is 18.9. The summed E-state index contributed by atoms with van der Waals surface area (Å²) in [5.74, 6) is 2.29. The highest BCUT2D eigenvalue weighted by Gasteiger charge is 2.34. The molecule has 0 amide bonds. The second-order valence-electron chi connectivity index (χ2n) is 10.3. The Labute approximate surface area is 241 Å². The van der Waals surface area contributed by atoms with Crippen LogP contribution < -0.4 is 9.64 Å². The highest BCUT2D eigenvalue weighted by Crippen LogP contribution is 2.37. The minimum atomic E-state index is -3.33. The van der Waals surface area contributed by atoms with Gasteiger partial charge in [-0.2, -0.15) is 4.31 Å². The molecule has 0 radical (unpaired) electrons. The van der Waals surface area contributed by atoms with Crippen molar-refractivity contribution in [1.29, 1.82) is 0 Å². The van der Waals surface area contributed by atoms with Crippen LogP contribution in [0.4, 0.5) is 5.82 Å². The number of ether oxygens (including phenoxy) is 1. The van der Waals surface area contributed by atoms with Gasteiger partial charge in [0.25, 0.3) is 0 Å². The number of hydrogen-bond acceptors (Lipinski definition) is 9. The molecule has 0 spiro atoms. The fourth-order valence-electron chi connectivity index (χ4n) is 5.17. The average molecular weight is 592 g/mol. The maximum absolute atomic E-state index is 12.4. The maximum Gasteiger partial charge on any atom is 0.211 e. The Morgan fingerprint density at radius 3 is 2.58 bits per heavy atom. The molecular weight excluding hydrogens is 554 g/mol. The van der Waals surface area contributed by atoms with E-state index in [4.69, 9.17) is 30.8 Å². The lowest BCUT2D eigenvalue weighted by Gasteiger charge is -2.40. The van der Waals surface area contributed by atoms with Gasteiger partial charge in [0.1, 0.15) is 23.9 Å². The van der Waals surface area contributed by atoms with E-state index < -0.39 is 16.1 Å². The predicted octanol–water partition coefficient (Wildman–Crippen LogP) is 4.78. The molecule has 3 heterocycles. The number of anilines is 1. The van der Waals surface area contributed by atoms with E-state index in [1.54, 1.807) is 22.5 Å². The number of aromatic nitrogens is 3. The monoisotopic (exact) mass is 591 g/mol. The minimum Gasteiger partial charge on any atom is -0.491 e. The van der Waals surface area contributed by atoms with Crippen molar-refractivity contribution in [1.82, 2.24) is 19.4 Å². The summed E-state index contributed by atoms with van der Waals surface area (Å²) < 4.78 is 37.7. The van der Waals surface area contributed by atoms with Gasteiger partial charge in [-0.25, -0.2) is 18.4 Å². The highest BCUT2D eigenvalue weighted by molar-refractivity contribution is 7.88. The normalized spacial score (nSPS) is 17.3. The van der Waals surface area contributed by atoms with Crippen LogP contribution in [0.15, 0.2) is 22.7 Å². The van der Waals surface area contributed by atoms with Crippen LogP contribution in [-0.2, 0) is 10.0 Å². The van der Waals surface area contributed by atoms with E-state index >= 15 is 0 Å². The topological polar surface area (TPSA) is 122 Å². The molecule has 1 saturated heterocycles. The fourth-order valence-corrected chi connectivity index (χ4v) is 6.55. The number of sulfonamides is 1. The van der Waals surface area contributed by atoms with Crippen LogP contribution in [0.2, 0.25) is 5.02 Å². The van der Waals surface area contributed by atoms with E-state index in [9.17, 15) is 13.5 Å². The van der Waals surface area contributed by atoms with Crippen LogP contribution in [0.25, 0.3) is 22.6 Å². The summed E-state index contributed by atoms with van der Waals surface area (Å²) in [5.41, 5.74) is 3.59. The number of nitrogens with zero attached hydrogens (tertiary/aromatic N) is 5. The summed E-state index contributed by atoms with van der Waals surface area (Å²) in [6, 6.07) is 5.09. The van der Waals surface area contributed by atoms with E-state index in [0.717, 1.165) is 17.5 Å². The zero-order valence-corrected chi connectivity index (χ0v) is 25.5. The smallest absolute Gasteiger partial charge is 0.211 e. The van der Waals surface area contributed by atoms with Gasteiger partial charge in [0.2, 0.25) is 10.0 Å². The van der Waals surface area contributed by atoms with Crippen molar-refractivity contribution in [3.63, 3.8) is 0 Å². The zero-order valence-electron chi connectivity index (χ0n) is 23.9. The van der Waals surface area contributed by atoms with Crippen LogP contribution in [0.1, 0.15) is 50.1 Å². The lowest BCUT2D eigenvalue weighted by Crippen LogP contribution is -2.55. The highest BCUT2D eigenvalue weighted by atomic mass is 35.5. The van der Waals surface area contributed by atoms with Gasteiger partial charge >= 0.3 is 0 Å². The first-order valence-corrected chi connectivity index (χ1v) is 15.8. The lowest BCUT2D eigenvalue weighted by atomic mass is 10.0. The molecule has 1 aliphatic heterocycles. The molecule has 2 atom stereocenters. The lowest BCUT2D eigenvalue weighted by molar-refractivity contribution is 0.0994. The van der Waals surface area contributed by atoms with Crippen molar-refractivity contribution in [2.24, 2.45) is 0 Å². The van der Waals surface area contributed by atoms with Gasteiger partial charge in [0.15, 0.2) is 5.82 Å². The van der Waals surface area contributed by atoms with Crippen molar-refractivity contribution in [3.05, 3.63) is 40.2 Å². The summed E-state index contributed by atoms with van der Waals surface area (Å²) in [6.45, 7) is 11.2. The first kappa shape index (κ1) is 30.2. The molecule has 1 N–H and O–H groups in total. The summed E-state index contributed by atoms with van der Waals surface area (Å²) in [4.78, 5) is 12.1. The molecule has 40 heavy (non-hydrogen) atoms. The van der Waals surface area contributed by atoms with Crippen LogP contribution in [0, 0.1) is 20.8 Å². The van der Waals surface area contributed by atoms with Gasteiger partial charge in [0.05, 0.1) is 34.3 Å². The molecule has 1 fully saturated rings. The molecular formula is C28H38ClN5O5S. The third-order valence-corrected chi connectivity index (χ3v) is 8.92. The largest absolute Gasteiger partial charge is 0.491 e. The Morgan fingerprint density at radius 2 is 1.95 bits per heavy atom. The average Bonchev–Trinajstić information content (AvgIpc) is 3.25. The number of piperazine rings is 1. The standard InChI is InChI=1S/C28H38ClN5O5S/c1-7-9-21(35)16-38-22-10-11-24(29)23(14-22)27-30-26(25-18(4)32-39-19(25)5)17(3)28(31-27)33-12-13-34(40(6,36)37)20(8-2)15-33/h10-11,14,20-21,35H,7-9,12-13,15-16H2,1-6H3/t20-,21+/m0/s1. The minimum absolute atomic E-state index is 0.169. The van der Waals surface area contributed by atoms with Gasteiger partial charge in [-0.15, -0.1) is 0 Å². The van der Waals surface area contributed by atoms with Gasteiger partial charge < -0.3 is 19.3 Å². The molecule has 0 aliphatic carbocycles. The number of rotatable bonds is 10. The van der Waals surface area contributed by atoms with Crippen molar-refractivity contribution in [3.8, 4) is 28.4 Å². The Kier molecular flexibility index (Phi) is 9.39. The third kappa shape index (κ3) is 6.43. The van der Waals surface area contributed by atoms with E-state index in [1.807, 2.05) is 34.6 Å². The Balaban J connectivity index is 1.81. The first-order valence-electron chi connectivity index (χ1n) is 13.6. The van der Waals surface area contributed by atoms with Crippen LogP contribution in [-0.4, -0.2) is 77.6 Å². The summed E-state index contributed by atoms with van der Waals surface area (Å²) in [6.07, 6.45) is 2.88. The number of aryl methyl sites for hydroxylation is 2. The molecule has 12 heteroatoms. The summed E-state index contributed by atoms with van der Waals surface area (Å²) >= 11 is 6.67. The van der Waals surface area contributed by atoms with E-state index in [0.29, 0.717) is 77.6 Å². The van der Waals surface area contributed by atoms with Crippen molar-refractivity contribution in [2.75, 3.05) is 37.4 Å². The van der Waals surface area contributed by atoms with Gasteiger partial charge in [0, 0.05) is 36.8 Å². The molecule has 3 aromatic rings. The van der Waals surface area contributed by atoms with Crippen LogP contribution in [0.3, 0.4) is 0 Å². The van der Waals surface area contributed by atoms with Crippen molar-refractivity contribution < 1.29 is 22.8 Å². The van der Waals surface area contributed by atoms with Crippen LogP contribution >= 0.6 is 11.6 Å². The predicted molar refractivity (Wildman–Crippen MR) is 156 cm³/mol. The molecule has 10 nitrogen and oxygen atoms in total. The molecule has 0 bridgehead atoms. The number of aliphatic hydroxyl groups excluding tert-OH is 1.